The van der Waals surface area contributed by atoms with Crippen molar-refractivity contribution in [2.75, 3.05) is 13.2 Å². The number of hydrogen-bond donors (Lipinski definition) is 0. The Labute approximate surface area is 388 Å². The van der Waals surface area contributed by atoms with Gasteiger partial charge in [0.2, 0.25) is 0 Å². The lowest BCUT2D eigenvalue weighted by Gasteiger charge is -2.18. The van der Waals surface area contributed by atoms with Gasteiger partial charge in [-0.15, -0.1) is 0 Å². The second-order valence-electron chi connectivity index (χ2n) is 17.0. The summed E-state index contributed by atoms with van der Waals surface area (Å²) >= 11 is 0. The summed E-state index contributed by atoms with van der Waals surface area (Å²) in [6.45, 7) is 6.36. The van der Waals surface area contributed by atoms with Gasteiger partial charge in [0.05, 0.1) is 0 Å². The van der Waals surface area contributed by atoms with E-state index in [0.29, 0.717) is 19.3 Å². The van der Waals surface area contributed by atoms with Crippen LogP contribution in [0.25, 0.3) is 0 Å². The van der Waals surface area contributed by atoms with Crippen molar-refractivity contribution in [1.82, 2.24) is 0 Å². The van der Waals surface area contributed by atoms with E-state index in [1.165, 1.54) is 77.0 Å². The second kappa shape index (κ2) is 51.2. The standard InChI is InChI=1S/C57H96O6/c1-4-7-10-13-16-19-22-25-28-31-34-37-40-43-46-49-55(58)61-52-54(63-57(60)51-48-45-42-39-36-33-30-27-24-21-18-15-12-9-6-3)53-62-56(59)50-47-44-41-38-35-32-29-26-23-20-17-14-11-8-5-2/h7,9-10,12,16,18-19,21,25,27-28,30,34,37,54H,4-6,8,11,13-15,17,20,22-24,26,29,31-33,35-36,38-53H2,1-3H3/b10-7-,12-9-,19-16-,21-18-,28-25-,30-27-,37-34-/t54-/m1/s1. The Morgan fingerprint density at radius 1 is 0.333 bits per heavy atom. The Balaban J connectivity index is 4.47. The topological polar surface area (TPSA) is 78.9 Å². The Bertz CT molecular complexity index is 1240. The Morgan fingerprint density at radius 2 is 0.619 bits per heavy atom. The van der Waals surface area contributed by atoms with Crippen LogP contribution in [0.2, 0.25) is 0 Å². The number of ether oxygens (including phenoxy) is 3. The largest absolute Gasteiger partial charge is 0.462 e. The van der Waals surface area contributed by atoms with E-state index in [4.69, 9.17) is 14.2 Å². The maximum absolute atomic E-state index is 12.8. The van der Waals surface area contributed by atoms with Gasteiger partial charge in [-0.3, -0.25) is 14.4 Å². The lowest BCUT2D eigenvalue weighted by Crippen LogP contribution is -2.30. The predicted octanol–water partition coefficient (Wildman–Crippen LogP) is 17.2. The molecular formula is C57H96O6. The molecule has 0 saturated heterocycles. The molecule has 0 aliphatic carbocycles. The van der Waals surface area contributed by atoms with Crippen molar-refractivity contribution in [3.63, 3.8) is 0 Å². The zero-order chi connectivity index (χ0) is 45.8. The summed E-state index contributed by atoms with van der Waals surface area (Å²) in [6, 6.07) is 0. The fraction of sp³-hybridized carbons (Fsp3) is 0.702. The summed E-state index contributed by atoms with van der Waals surface area (Å²) in [5.74, 6) is -0.954. The van der Waals surface area contributed by atoms with Crippen LogP contribution < -0.4 is 0 Å². The molecule has 1 atom stereocenters. The van der Waals surface area contributed by atoms with E-state index >= 15 is 0 Å². The Hall–Kier alpha value is -3.41. The normalized spacial score (nSPS) is 12.7. The SMILES string of the molecule is CC/C=C\C/C=C\C/C=C\C/C=C\CCCCC(=O)OC[C@H](COC(=O)CCCCCCCCCCCCCCCCC)OC(=O)CCCCCCC/C=C\C/C=C\C/C=C\CC. The van der Waals surface area contributed by atoms with Gasteiger partial charge in [0.15, 0.2) is 6.10 Å². The highest BCUT2D eigenvalue weighted by Crippen LogP contribution is 2.15. The average molecular weight is 877 g/mol. The van der Waals surface area contributed by atoms with Gasteiger partial charge in [0.1, 0.15) is 13.2 Å². The lowest BCUT2D eigenvalue weighted by molar-refractivity contribution is -0.167. The molecule has 0 aromatic rings. The first-order valence-corrected chi connectivity index (χ1v) is 26.1. The summed E-state index contributed by atoms with van der Waals surface area (Å²) in [5, 5.41) is 0. The van der Waals surface area contributed by atoms with Crippen LogP contribution >= 0.6 is 0 Å². The smallest absolute Gasteiger partial charge is 0.306 e. The highest BCUT2D eigenvalue weighted by atomic mass is 16.6. The van der Waals surface area contributed by atoms with Gasteiger partial charge >= 0.3 is 17.9 Å². The second-order valence-corrected chi connectivity index (χ2v) is 17.0. The van der Waals surface area contributed by atoms with Crippen molar-refractivity contribution in [2.24, 2.45) is 0 Å². The molecule has 63 heavy (non-hydrogen) atoms. The van der Waals surface area contributed by atoms with Crippen molar-refractivity contribution >= 4 is 17.9 Å². The summed E-state index contributed by atoms with van der Waals surface area (Å²) in [5.41, 5.74) is 0. The maximum Gasteiger partial charge on any atom is 0.306 e. The molecule has 6 heteroatoms. The molecule has 0 fully saturated rings. The molecule has 0 rings (SSSR count). The molecule has 0 saturated carbocycles. The monoisotopic (exact) mass is 877 g/mol. The van der Waals surface area contributed by atoms with Crippen LogP contribution in [-0.4, -0.2) is 37.2 Å². The molecule has 0 N–H and O–H groups in total. The van der Waals surface area contributed by atoms with Gasteiger partial charge < -0.3 is 14.2 Å². The molecule has 0 radical (unpaired) electrons. The van der Waals surface area contributed by atoms with Gasteiger partial charge in [-0.1, -0.05) is 215 Å². The molecule has 0 spiro atoms. The van der Waals surface area contributed by atoms with E-state index < -0.39 is 6.10 Å². The van der Waals surface area contributed by atoms with E-state index in [1.807, 2.05) is 0 Å². The summed E-state index contributed by atoms with van der Waals surface area (Å²) in [7, 11) is 0. The predicted molar refractivity (Wildman–Crippen MR) is 270 cm³/mol. The summed E-state index contributed by atoms with van der Waals surface area (Å²) < 4.78 is 16.8. The average Bonchev–Trinajstić information content (AvgIpc) is 3.28. The van der Waals surface area contributed by atoms with Gasteiger partial charge in [-0.25, -0.2) is 0 Å². The third kappa shape index (κ3) is 49.5. The van der Waals surface area contributed by atoms with Gasteiger partial charge in [-0.2, -0.15) is 0 Å². The van der Waals surface area contributed by atoms with Crippen LogP contribution in [0.4, 0.5) is 0 Å². The van der Waals surface area contributed by atoms with E-state index in [0.717, 1.165) is 122 Å². The van der Waals surface area contributed by atoms with Crippen LogP contribution in [0.15, 0.2) is 85.1 Å². The minimum absolute atomic E-state index is 0.0956. The molecule has 0 aromatic heterocycles. The van der Waals surface area contributed by atoms with Crippen molar-refractivity contribution in [2.45, 2.75) is 245 Å². The van der Waals surface area contributed by atoms with Crippen molar-refractivity contribution in [3.8, 4) is 0 Å². The maximum atomic E-state index is 12.8. The third-order valence-corrected chi connectivity index (χ3v) is 10.9. The van der Waals surface area contributed by atoms with Gasteiger partial charge in [0.25, 0.3) is 0 Å². The molecule has 0 amide bonds. The minimum Gasteiger partial charge on any atom is -0.462 e. The summed E-state index contributed by atoms with van der Waals surface area (Å²) in [4.78, 5) is 38.0. The number of rotatable bonds is 46. The van der Waals surface area contributed by atoms with E-state index in [-0.39, 0.29) is 31.1 Å². The number of unbranched alkanes of at least 4 members (excludes halogenated alkanes) is 21. The van der Waals surface area contributed by atoms with Crippen molar-refractivity contribution in [3.05, 3.63) is 85.1 Å². The highest BCUT2D eigenvalue weighted by Gasteiger charge is 2.19. The first kappa shape index (κ1) is 59.6. The van der Waals surface area contributed by atoms with Gasteiger partial charge in [0, 0.05) is 19.3 Å². The molecule has 0 heterocycles. The van der Waals surface area contributed by atoms with Crippen LogP contribution in [0.1, 0.15) is 239 Å². The van der Waals surface area contributed by atoms with Crippen LogP contribution in [0, 0.1) is 0 Å². The molecule has 0 bridgehead atoms. The first-order chi connectivity index (χ1) is 31.0. The van der Waals surface area contributed by atoms with Gasteiger partial charge in [-0.05, 0) is 89.9 Å². The highest BCUT2D eigenvalue weighted by molar-refractivity contribution is 5.71. The fourth-order valence-electron chi connectivity index (χ4n) is 7.04. The number of esters is 3. The molecule has 0 aliphatic heterocycles. The number of carbonyl (C=O) groups is 3. The molecular weight excluding hydrogens is 781 g/mol. The molecule has 360 valence electrons. The van der Waals surface area contributed by atoms with E-state index in [1.54, 1.807) is 0 Å². The zero-order valence-corrected chi connectivity index (χ0v) is 41.1. The number of carbonyl (C=O) groups excluding carboxylic acids is 3. The molecule has 0 aliphatic rings. The first-order valence-electron chi connectivity index (χ1n) is 26.1. The quantitative estimate of drug-likeness (QED) is 0.0262. The van der Waals surface area contributed by atoms with E-state index in [2.05, 4.69) is 106 Å². The van der Waals surface area contributed by atoms with Crippen molar-refractivity contribution < 1.29 is 28.6 Å². The van der Waals surface area contributed by atoms with Crippen molar-refractivity contribution in [1.29, 1.82) is 0 Å². The number of allylic oxidation sites excluding steroid dienone is 14. The van der Waals surface area contributed by atoms with E-state index in [9.17, 15) is 14.4 Å². The minimum atomic E-state index is -0.801. The van der Waals surface area contributed by atoms with Crippen LogP contribution in [0.3, 0.4) is 0 Å². The lowest BCUT2D eigenvalue weighted by atomic mass is 10.0. The fourth-order valence-corrected chi connectivity index (χ4v) is 7.04. The van der Waals surface area contributed by atoms with Crippen LogP contribution in [0.5, 0.6) is 0 Å². The Kier molecular flexibility index (Phi) is 48.5. The van der Waals surface area contributed by atoms with Crippen LogP contribution in [-0.2, 0) is 28.6 Å². The Morgan fingerprint density at radius 3 is 1.00 bits per heavy atom. The zero-order valence-electron chi connectivity index (χ0n) is 41.1. The third-order valence-electron chi connectivity index (χ3n) is 10.9. The summed E-state index contributed by atoms with van der Waals surface area (Å²) in [6.07, 6.45) is 65.7. The molecule has 6 nitrogen and oxygen atoms in total. The molecule has 0 unspecified atom stereocenters. The molecule has 0 aromatic carbocycles. The number of hydrogen-bond acceptors (Lipinski definition) is 6.